The molecule has 1 aromatic carbocycles. The van der Waals surface area contributed by atoms with Crippen molar-refractivity contribution in [2.75, 3.05) is 26.8 Å². The largest absolute Gasteiger partial charge is 0.493 e. The molecular weight excluding hydrogens is 422 g/mol. The SMILES string of the molecule is COc1cc(CN2CCCC(C)C2)cc(I)c1OCC(F)(F)F. The number of halogens is 4. The normalized spacial score (nSPS) is 19.7. The standard InChI is InChI=1S/C16H21F3INO2/c1-11-4-3-5-21(8-11)9-12-6-13(20)15(14(7-12)22-2)23-10-16(17,18)19/h6-7,11H,3-5,8-10H2,1-2H3. The van der Waals surface area contributed by atoms with Crippen molar-refractivity contribution in [3.8, 4) is 11.5 Å². The van der Waals surface area contributed by atoms with Crippen LogP contribution >= 0.6 is 22.6 Å². The van der Waals surface area contributed by atoms with Gasteiger partial charge in [0.1, 0.15) is 0 Å². The van der Waals surface area contributed by atoms with Crippen molar-refractivity contribution in [1.29, 1.82) is 0 Å². The molecule has 0 aromatic heterocycles. The lowest BCUT2D eigenvalue weighted by Gasteiger charge is -2.31. The van der Waals surface area contributed by atoms with Crippen LogP contribution in [0.4, 0.5) is 13.2 Å². The predicted octanol–water partition coefficient (Wildman–Crippen LogP) is 4.47. The average Bonchev–Trinajstić information content (AvgIpc) is 2.44. The highest BCUT2D eigenvalue weighted by molar-refractivity contribution is 14.1. The number of alkyl halides is 3. The van der Waals surface area contributed by atoms with Crippen LogP contribution < -0.4 is 9.47 Å². The minimum absolute atomic E-state index is 0.154. The molecule has 1 aromatic rings. The summed E-state index contributed by atoms with van der Waals surface area (Å²) in [6.07, 6.45) is -1.93. The Morgan fingerprint density at radius 2 is 2.09 bits per heavy atom. The van der Waals surface area contributed by atoms with Crippen molar-refractivity contribution >= 4 is 22.6 Å². The van der Waals surface area contributed by atoms with Gasteiger partial charge in [0.15, 0.2) is 18.1 Å². The Morgan fingerprint density at radius 1 is 1.35 bits per heavy atom. The highest BCUT2D eigenvalue weighted by atomic mass is 127. The van der Waals surface area contributed by atoms with Crippen LogP contribution in [-0.4, -0.2) is 37.9 Å². The zero-order chi connectivity index (χ0) is 17.0. The maximum Gasteiger partial charge on any atom is 0.422 e. The van der Waals surface area contributed by atoms with Crippen molar-refractivity contribution in [1.82, 2.24) is 4.90 Å². The third-order valence-corrected chi connectivity index (χ3v) is 4.62. The molecule has 1 saturated heterocycles. The number of piperidine rings is 1. The molecule has 0 radical (unpaired) electrons. The average molecular weight is 443 g/mol. The van der Waals surface area contributed by atoms with E-state index < -0.39 is 12.8 Å². The number of hydrogen-bond acceptors (Lipinski definition) is 3. The van der Waals surface area contributed by atoms with Crippen LogP contribution in [0.5, 0.6) is 11.5 Å². The molecule has 0 bridgehead atoms. The molecule has 3 nitrogen and oxygen atoms in total. The molecule has 0 N–H and O–H groups in total. The number of hydrogen-bond donors (Lipinski definition) is 0. The van der Waals surface area contributed by atoms with Crippen LogP contribution in [0.2, 0.25) is 0 Å². The van der Waals surface area contributed by atoms with Crippen LogP contribution in [0.15, 0.2) is 12.1 Å². The third-order valence-electron chi connectivity index (χ3n) is 3.82. The van der Waals surface area contributed by atoms with E-state index in [0.717, 1.165) is 25.2 Å². The van der Waals surface area contributed by atoms with Crippen LogP contribution in [0.1, 0.15) is 25.3 Å². The van der Waals surface area contributed by atoms with Crippen LogP contribution in [0.3, 0.4) is 0 Å². The summed E-state index contributed by atoms with van der Waals surface area (Å²) in [6.45, 7) is 3.80. The molecule has 7 heteroatoms. The van der Waals surface area contributed by atoms with Gasteiger partial charge in [-0.15, -0.1) is 0 Å². The molecule has 1 heterocycles. The third kappa shape index (κ3) is 5.70. The smallest absolute Gasteiger partial charge is 0.422 e. The fourth-order valence-corrected chi connectivity index (χ4v) is 3.67. The van der Waals surface area contributed by atoms with E-state index in [2.05, 4.69) is 11.8 Å². The Balaban J connectivity index is 2.12. The highest BCUT2D eigenvalue weighted by Crippen LogP contribution is 2.35. The van der Waals surface area contributed by atoms with Crippen molar-refractivity contribution in [2.24, 2.45) is 5.92 Å². The molecule has 1 unspecified atom stereocenters. The molecule has 1 aliphatic heterocycles. The fraction of sp³-hybridized carbons (Fsp3) is 0.625. The molecule has 1 fully saturated rings. The van der Waals surface area contributed by atoms with E-state index >= 15 is 0 Å². The molecule has 0 saturated carbocycles. The summed E-state index contributed by atoms with van der Waals surface area (Å²) in [5.41, 5.74) is 1.03. The first-order chi connectivity index (χ1) is 10.8. The first-order valence-corrected chi connectivity index (χ1v) is 8.64. The molecule has 1 aliphatic rings. The van der Waals surface area contributed by atoms with E-state index in [1.54, 1.807) is 6.07 Å². The van der Waals surface area contributed by atoms with Gasteiger partial charge < -0.3 is 9.47 Å². The second kappa shape index (κ2) is 7.92. The second-order valence-electron chi connectivity index (χ2n) is 6.00. The number of rotatable bonds is 5. The summed E-state index contributed by atoms with van der Waals surface area (Å²) in [6, 6.07) is 3.64. The highest BCUT2D eigenvalue weighted by Gasteiger charge is 2.29. The monoisotopic (exact) mass is 443 g/mol. The Hall–Kier alpha value is -0.700. The Morgan fingerprint density at radius 3 is 2.70 bits per heavy atom. The number of methoxy groups -OCH3 is 1. The van der Waals surface area contributed by atoms with Gasteiger partial charge in [-0.05, 0) is 65.6 Å². The van der Waals surface area contributed by atoms with E-state index in [0.29, 0.717) is 15.2 Å². The lowest BCUT2D eigenvalue weighted by molar-refractivity contribution is -0.153. The van der Waals surface area contributed by atoms with Gasteiger partial charge in [-0.2, -0.15) is 13.2 Å². The minimum Gasteiger partial charge on any atom is -0.493 e. The topological polar surface area (TPSA) is 21.7 Å². The van der Waals surface area contributed by atoms with Crippen molar-refractivity contribution in [2.45, 2.75) is 32.5 Å². The number of nitrogens with zero attached hydrogens (tertiary/aromatic N) is 1. The van der Waals surface area contributed by atoms with Gasteiger partial charge in [-0.1, -0.05) is 6.92 Å². The number of benzene rings is 1. The molecular formula is C16H21F3INO2. The van der Waals surface area contributed by atoms with Crippen molar-refractivity contribution in [3.63, 3.8) is 0 Å². The van der Waals surface area contributed by atoms with E-state index in [9.17, 15) is 13.2 Å². The summed E-state index contributed by atoms with van der Waals surface area (Å²) in [4.78, 5) is 2.37. The van der Waals surface area contributed by atoms with Crippen molar-refractivity contribution < 1.29 is 22.6 Å². The summed E-state index contributed by atoms with van der Waals surface area (Å²) < 4.78 is 47.8. The summed E-state index contributed by atoms with van der Waals surface area (Å²) in [5, 5.41) is 0. The fourth-order valence-electron chi connectivity index (χ4n) is 2.85. The first-order valence-electron chi connectivity index (χ1n) is 7.57. The first kappa shape index (κ1) is 18.6. The molecule has 0 amide bonds. The molecule has 0 aliphatic carbocycles. The molecule has 1 atom stereocenters. The van der Waals surface area contributed by atoms with Crippen molar-refractivity contribution in [3.05, 3.63) is 21.3 Å². The maximum atomic E-state index is 12.4. The number of ether oxygens (including phenoxy) is 2. The zero-order valence-electron chi connectivity index (χ0n) is 13.3. The second-order valence-corrected chi connectivity index (χ2v) is 7.16. The van der Waals surface area contributed by atoms with E-state index in [1.807, 2.05) is 28.7 Å². The predicted molar refractivity (Wildman–Crippen MR) is 90.9 cm³/mol. The van der Waals surface area contributed by atoms with Crippen LogP contribution in [0, 0.1) is 9.49 Å². The summed E-state index contributed by atoms with van der Waals surface area (Å²) in [7, 11) is 1.44. The van der Waals surface area contributed by atoms with Crippen LogP contribution in [0.25, 0.3) is 0 Å². The summed E-state index contributed by atoms with van der Waals surface area (Å²) >= 11 is 1.99. The van der Waals surface area contributed by atoms with Gasteiger partial charge in [0.2, 0.25) is 0 Å². The lowest BCUT2D eigenvalue weighted by Crippen LogP contribution is -2.33. The Bertz CT molecular complexity index is 537. The van der Waals surface area contributed by atoms with Gasteiger partial charge in [-0.3, -0.25) is 4.90 Å². The zero-order valence-corrected chi connectivity index (χ0v) is 15.4. The van der Waals surface area contributed by atoms with Gasteiger partial charge in [-0.25, -0.2) is 0 Å². The molecule has 0 spiro atoms. The van der Waals surface area contributed by atoms with Gasteiger partial charge in [0, 0.05) is 13.1 Å². The molecule has 130 valence electrons. The quantitative estimate of drug-likeness (QED) is 0.627. The van der Waals surface area contributed by atoms with E-state index in [1.165, 1.54) is 20.0 Å². The molecule has 23 heavy (non-hydrogen) atoms. The Kier molecular flexibility index (Phi) is 6.41. The number of likely N-dealkylation sites (tertiary alicyclic amines) is 1. The van der Waals surface area contributed by atoms with Gasteiger partial charge in [0.05, 0.1) is 10.7 Å². The van der Waals surface area contributed by atoms with E-state index in [4.69, 9.17) is 9.47 Å². The van der Waals surface area contributed by atoms with Crippen LogP contribution in [-0.2, 0) is 6.54 Å². The molecule has 2 rings (SSSR count). The van der Waals surface area contributed by atoms with Gasteiger partial charge in [0.25, 0.3) is 0 Å². The van der Waals surface area contributed by atoms with Gasteiger partial charge >= 0.3 is 6.18 Å². The van der Waals surface area contributed by atoms with E-state index in [-0.39, 0.29) is 5.75 Å². The Labute approximate surface area is 148 Å². The summed E-state index contributed by atoms with van der Waals surface area (Å²) in [5.74, 6) is 1.18. The maximum absolute atomic E-state index is 12.4. The lowest BCUT2D eigenvalue weighted by atomic mass is 10.00. The minimum atomic E-state index is -4.36.